The molecule has 0 saturated heterocycles. The number of amides is 1. The minimum absolute atomic E-state index is 0.0781. The zero-order valence-corrected chi connectivity index (χ0v) is 18.0. The summed E-state index contributed by atoms with van der Waals surface area (Å²) in [6, 6.07) is 16.3. The Kier molecular flexibility index (Phi) is 5.85. The van der Waals surface area contributed by atoms with Crippen LogP contribution >= 0.6 is 11.3 Å². The van der Waals surface area contributed by atoms with Crippen LogP contribution in [0.25, 0.3) is 0 Å². The second-order valence-electron chi connectivity index (χ2n) is 6.77. The third-order valence-electron chi connectivity index (χ3n) is 4.77. The maximum atomic E-state index is 12.6. The van der Waals surface area contributed by atoms with Gasteiger partial charge in [0.1, 0.15) is 11.5 Å². The molecule has 1 aromatic heterocycles. The van der Waals surface area contributed by atoms with Crippen LogP contribution in [0.4, 0.5) is 5.13 Å². The largest absolute Gasteiger partial charge is 0.457 e. The number of anilines is 1. The van der Waals surface area contributed by atoms with Gasteiger partial charge in [0, 0.05) is 30.0 Å². The number of ether oxygens (including phenoxy) is 1. The Balaban J connectivity index is 1.41. The normalized spacial score (nSPS) is 14.2. The summed E-state index contributed by atoms with van der Waals surface area (Å²) in [6.45, 7) is 2.37. The first-order valence-electron chi connectivity index (χ1n) is 9.55. The van der Waals surface area contributed by atoms with Crippen molar-refractivity contribution in [1.29, 1.82) is 0 Å². The molecule has 0 saturated carbocycles. The van der Waals surface area contributed by atoms with Gasteiger partial charge in [0.05, 0.1) is 11.4 Å². The summed E-state index contributed by atoms with van der Waals surface area (Å²) < 4.78 is 31.4. The SMILES string of the molecule is CCS(=O)(=O)N1CCc2nc(NC(=O)c3ccc(Oc4ccccc4)cc3)sc2C1. The van der Waals surface area contributed by atoms with Gasteiger partial charge in [0.25, 0.3) is 5.91 Å². The lowest BCUT2D eigenvalue weighted by atomic mass is 10.2. The fourth-order valence-electron chi connectivity index (χ4n) is 3.11. The third-order valence-corrected chi connectivity index (χ3v) is 7.60. The number of sulfonamides is 1. The van der Waals surface area contributed by atoms with E-state index in [2.05, 4.69) is 10.3 Å². The Morgan fingerprint density at radius 2 is 1.83 bits per heavy atom. The van der Waals surface area contributed by atoms with Crippen LogP contribution in [-0.2, 0) is 23.0 Å². The summed E-state index contributed by atoms with van der Waals surface area (Å²) in [5, 5.41) is 3.29. The topological polar surface area (TPSA) is 88.6 Å². The van der Waals surface area contributed by atoms with Crippen molar-refractivity contribution in [3.8, 4) is 11.5 Å². The van der Waals surface area contributed by atoms with E-state index in [1.54, 1.807) is 31.2 Å². The molecule has 1 aliphatic heterocycles. The van der Waals surface area contributed by atoms with E-state index in [-0.39, 0.29) is 11.7 Å². The van der Waals surface area contributed by atoms with Gasteiger partial charge in [0.2, 0.25) is 10.0 Å². The molecule has 1 amide bonds. The van der Waals surface area contributed by atoms with Gasteiger partial charge in [-0.3, -0.25) is 10.1 Å². The van der Waals surface area contributed by atoms with Gasteiger partial charge in [-0.15, -0.1) is 11.3 Å². The molecular formula is C21H21N3O4S2. The Labute approximate surface area is 179 Å². The molecule has 3 aromatic rings. The molecule has 1 aliphatic rings. The number of hydrogen-bond donors (Lipinski definition) is 1. The van der Waals surface area contributed by atoms with Crippen molar-refractivity contribution in [1.82, 2.24) is 9.29 Å². The van der Waals surface area contributed by atoms with Crippen LogP contribution in [0.5, 0.6) is 11.5 Å². The van der Waals surface area contributed by atoms with Gasteiger partial charge in [-0.2, -0.15) is 4.31 Å². The van der Waals surface area contributed by atoms with Crippen LogP contribution < -0.4 is 10.1 Å². The first-order chi connectivity index (χ1) is 14.4. The van der Waals surface area contributed by atoms with Crippen molar-refractivity contribution >= 4 is 32.4 Å². The molecule has 0 spiro atoms. The quantitative estimate of drug-likeness (QED) is 0.624. The number of nitrogens with one attached hydrogen (secondary N) is 1. The number of carbonyl (C=O) groups is 1. The van der Waals surface area contributed by atoms with Gasteiger partial charge in [0.15, 0.2) is 5.13 Å². The fourth-order valence-corrected chi connectivity index (χ4v) is 5.27. The molecule has 9 heteroatoms. The van der Waals surface area contributed by atoms with Crippen LogP contribution in [0, 0.1) is 0 Å². The number of aromatic nitrogens is 1. The maximum Gasteiger partial charge on any atom is 0.257 e. The number of rotatable bonds is 6. The Bertz CT molecular complexity index is 1140. The predicted octanol–water partition coefficient (Wildman–Crippen LogP) is 3.90. The summed E-state index contributed by atoms with van der Waals surface area (Å²) in [6.07, 6.45) is 0.548. The predicted molar refractivity (Wildman–Crippen MR) is 117 cm³/mol. The Morgan fingerprint density at radius 1 is 1.13 bits per heavy atom. The second kappa shape index (κ2) is 8.55. The lowest BCUT2D eigenvalue weighted by molar-refractivity contribution is 0.102. The highest BCUT2D eigenvalue weighted by Gasteiger charge is 2.28. The molecule has 2 heterocycles. The summed E-state index contributed by atoms with van der Waals surface area (Å²) in [7, 11) is -3.23. The minimum Gasteiger partial charge on any atom is -0.457 e. The van der Waals surface area contributed by atoms with Crippen LogP contribution in [0.1, 0.15) is 27.9 Å². The molecule has 0 aliphatic carbocycles. The molecule has 0 fully saturated rings. The number of para-hydroxylation sites is 1. The summed E-state index contributed by atoms with van der Waals surface area (Å²) in [5.74, 6) is 1.17. The number of nitrogens with zero attached hydrogens (tertiary/aromatic N) is 2. The molecule has 1 N–H and O–H groups in total. The monoisotopic (exact) mass is 443 g/mol. The van der Waals surface area contributed by atoms with Gasteiger partial charge >= 0.3 is 0 Å². The highest BCUT2D eigenvalue weighted by Crippen LogP contribution is 2.30. The third kappa shape index (κ3) is 4.53. The minimum atomic E-state index is -3.23. The maximum absolute atomic E-state index is 12.6. The van der Waals surface area contributed by atoms with Crippen molar-refractivity contribution in [3.63, 3.8) is 0 Å². The lowest BCUT2D eigenvalue weighted by Gasteiger charge is -2.24. The van der Waals surface area contributed by atoms with Gasteiger partial charge in [-0.1, -0.05) is 18.2 Å². The van der Waals surface area contributed by atoms with Crippen LogP contribution in [0.3, 0.4) is 0 Å². The molecule has 7 nitrogen and oxygen atoms in total. The summed E-state index contributed by atoms with van der Waals surface area (Å²) in [4.78, 5) is 17.9. The van der Waals surface area contributed by atoms with E-state index in [0.717, 1.165) is 16.3 Å². The van der Waals surface area contributed by atoms with E-state index in [4.69, 9.17) is 4.74 Å². The van der Waals surface area contributed by atoms with E-state index in [1.807, 2.05) is 30.3 Å². The molecule has 2 aromatic carbocycles. The molecule has 4 rings (SSSR count). The van der Waals surface area contributed by atoms with Crippen LogP contribution in [-0.4, -0.2) is 35.9 Å². The van der Waals surface area contributed by atoms with Crippen LogP contribution in [0.15, 0.2) is 54.6 Å². The smallest absolute Gasteiger partial charge is 0.257 e. The van der Waals surface area contributed by atoms with Gasteiger partial charge in [-0.25, -0.2) is 13.4 Å². The molecule has 0 unspecified atom stereocenters. The second-order valence-corrected chi connectivity index (χ2v) is 10.1. The molecule has 156 valence electrons. The van der Waals surface area contributed by atoms with Crippen molar-refractivity contribution in [3.05, 3.63) is 70.7 Å². The first-order valence-corrected chi connectivity index (χ1v) is 12.0. The standard InChI is InChI=1S/C21H21N3O4S2/c1-2-30(26,27)24-13-12-18-19(14-24)29-21(22-18)23-20(25)15-8-10-17(11-9-15)28-16-6-4-3-5-7-16/h3-11H,2,12-14H2,1H3,(H,22,23,25). The first kappa shape index (κ1) is 20.5. The zero-order chi connectivity index (χ0) is 21.1. The summed E-state index contributed by atoms with van der Waals surface area (Å²) in [5.41, 5.74) is 1.34. The lowest BCUT2D eigenvalue weighted by Crippen LogP contribution is -2.36. The number of benzene rings is 2. The number of carbonyl (C=O) groups excluding carboxylic acids is 1. The molecule has 30 heavy (non-hydrogen) atoms. The van der Waals surface area contributed by atoms with E-state index in [9.17, 15) is 13.2 Å². The molecule has 0 radical (unpaired) electrons. The number of thiazole rings is 1. The van der Waals surface area contributed by atoms with Crippen molar-refractivity contribution in [2.75, 3.05) is 17.6 Å². The zero-order valence-electron chi connectivity index (χ0n) is 16.4. The van der Waals surface area contributed by atoms with E-state index < -0.39 is 10.0 Å². The number of fused-ring (bicyclic) bond motifs is 1. The van der Waals surface area contributed by atoms with Crippen LogP contribution in [0.2, 0.25) is 0 Å². The average Bonchev–Trinajstić information content (AvgIpc) is 3.16. The molecule has 0 bridgehead atoms. The number of hydrogen-bond acceptors (Lipinski definition) is 6. The van der Waals surface area contributed by atoms with Gasteiger partial charge in [-0.05, 0) is 43.3 Å². The van der Waals surface area contributed by atoms with E-state index in [0.29, 0.717) is 36.0 Å². The average molecular weight is 444 g/mol. The highest BCUT2D eigenvalue weighted by atomic mass is 32.2. The highest BCUT2D eigenvalue weighted by molar-refractivity contribution is 7.89. The van der Waals surface area contributed by atoms with Crippen molar-refractivity contribution in [2.45, 2.75) is 19.9 Å². The van der Waals surface area contributed by atoms with Gasteiger partial charge < -0.3 is 4.74 Å². The fraction of sp³-hybridized carbons (Fsp3) is 0.238. The Morgan fingerprint density at radius 3 is 2.53 bits per heavy atom. The van der Waals surface area contributed by atoms with Crippen molar-refractivity contribution < 1.29 is 17.9 Å². The summed E-state index contributed by atoms with van der Waals surface area (Å²) >= 11 is 1.32. The van der Waals surface area contributed by atoms with E-state index >= 15 is 0 Å². The van der Waals surface area contributed by atoms with Crippen molar-refractivity contribution in [2.24, 2.45) is 0 Å². The molecule has 0 atom stereocenters. The van der Waals surface area contributed by atoms with E-state index in [1.165, 1.54) is 15.6 Å². The Hall–Kier alpha value is -2.75. The molecular weight excluding hydrogens is 422 g/mol.